The van der Waals surface area contributed by atoms with Crippen LogP contribution < -0.4 is 10.1 Å². The summed E-state index contributed by atoms with van der Waals surface area (Å²) in [6.45, 7) is 2.66. The maximum atomic E-state index is 12.1. The van der Waals surface area contributed by atoms with Crippen molar-refractivity contribution in [1.82, 2.24) is 10.3 Å². The highest BCUT2D eigenvalue weighted by Gasteiger charge is 2.08. The molecule has 4 nitrogen and oxygen atoms in total. The standard InChI is InChI=1S/C20H22N2O2S/c1-14-7-8-17(24-2)15(13-14)11-12-21-19(23)9-10-20-22-16-5-3-4-6-18(16)25-20/h3-8,13H,9-12H2,1-2H3,(H,21,23). The Morgan fingerprint density at radius 3 is 2.84 bits per heavy atom. The molecule has 0 fully saturated rings. The van der Waals surface area contributed by atoms with Gasteiger partial charge in [0.2, 0.25) is 5.91 Å². The Kier molecular flexibility index (Phi) is 5.66. The molecule has 2 aromatic carbocycles. The Balaban J connectivity index is 1.47. The van der Waals surface area contributed by atoms with Gasteiger partial charge in [0.25, 0.3) is 0 Å². The Labute approximate surface area is 151 Å². The first-order valence-corrected chi connectivity index (χ1v) is 9.22. The third kappa shape index (κ3) is 4.57. The van der Waals surface area contributed by atoms with Gasteiger partial charge < -0.3 is 10.1 Å². The van der Waals surface area contributed by atoms with Gasteiger partial charge in [0.05, 0.1) is 22.3 Å². The molecule has 0 aliphatic heterocycles. The van der Waals surface area contributed by atoms with Gasteiger partial charge in [0.1, 0.15) is 5.75 Å². The van der Waals surface area contributed by atoms with Crippen LogP contribution in [-0.4, -0.2) is 24.5 Å². The quantitative estimate of drug-likeness (QED) is 0.700. The number of methoxy groups -OCH3 is 1. The predicted octanol–water partition coefficient (Wildman–Crippen LogP) is 3.90. The smallest absolute Gasteiger partial charge is 0.220 e. The summed E-state index contributed by atoms with van der Waals surface area (Å²) in [6.07, 6.45) is 1.90. The van der Waals surface area contributed by atoms with Crippen LogP contribution in [0.1, 0.15) is 22.6 Å². The van der Waals surface area contributed by atoms with E-state index in [0.717, 1.165) is 28.3 Å². The van der Waals surface area contributed by atoms with E-state index in [0.29, 0.717) is 19.4 Å². The second-order valence-electron chi connectivity index (χ2n) is 5.99. The van der Waals surface area contributed by atoms with Crippen LogP contribution in [0.3, 0.4) is 0 Å². The molecule has 0 atom stereocenters. The fourth-order valence-electron chi connectivity index (χ4n) is 2.78. The van der Waals surface area contributed by atoms with E-state index in [2.05, 4.69) is 29.4 Å². The van der Waals surface area contributed by atoms with Crippen molar-refractivity contribution in [2.75, 3.05) is 13.7 Å². The number of hydrogen-bond acceptors (Lipinski definition) is 4. The number of rotatable bonds is 7. The van der Waals surface area contributed by atoms with E-state index in [1.807, 2.05) is 30.3 Å². The predicted molar refractivity (Wildman–Crippen MR) is 102 cm³/mol. The summed E-state index contributed by atoms with van der Waals surface area (Å²) >= 11 is 1.66. The summed E-state index contributed by atoms with van der Waals surface area (Å²) in [7, 11) is 1.67. The lowest BCUT2D eigenvalue weighted by atomic mass is 10.1. The summed E-state index contributed by atoms with van der Waals surface area (Å²) in [5, 5.41) is 4.00. The van der Waals surface area contributed by atoms with Gasteiger partial charge in [-0.3, -0.25) is 4.79 Å². The van der Waals surface area contributed by atoms with Crippen LogP contribution in [0.15, 0.2) is 42.5 Å². The number of carbonyl (C=O) groups is 1. The number of hydrogen-bond donors (Lipinski definition) is 1. The van der Waals surface area contributed by atoms with Gasteiger partial charge in [-0.2, -0.15) is 0 Å². The van der Waals surface area contributed by atoms with Crippen molar-refractivity contribution >= 4 is 27.5 Å². The van der Waals surface area contributed by atoms with Crippen LogP contribution in [0.5, 0.6) is 5.75 Å². The molecular formula is C20H22N2O2S. The van der Waals surface area contributed by atoms with Crippen molar-refractivity contribution in [3.8, 4) is 5.75 Å². The van der Waals surface area contributed by atoms with Gasteiger partial charge in [-0.05, 0) is 37.1 Å². The van der Waals surface area contributed by atoms with E-state index in [1.54, 1.807) is 18.4 Å². The average Bonchev–Trinajstić information content (AvgIpc) is 3.03. The lowest BCUT2D eigenvalue weighted by Gasteiger charge is -2.10. The minimum absolute atomic E-state index is 0.0610. The number of para-hydroxylation sites is 1. The maximum Gasteiger partial charge on any atom is 0.220 e. The number of amides is 1. The molecule has 1 N–H and O–H groups in total. The van der Waals surface area contributed by atoms with Crippen LogP contribution in [0.2, 0.25) is 0 Å². The highest BCUT2D eigenvalue weighted by molar-refractivity contribution is 7.18. The SMILES string of the molecule is COc1ccc(C)cc1CCNC(=O)CCc1nc2ccccc2s1. The van der Waals surface area contributed by atoms with Gasteiger partial charge in [0, 0.05) is 19.4 Å². The largest absolute Gasteiger partial charge is 0.496 e. The Morgan fingerprint density at radius 2 is 2.04 bits per heavy atom. The maximum absolute atomic E-state index is 12.1. The Hall–Kier alpha value is -2.40. The highest BCUT2D eigenvalue weighted by atomic mass is 32.1. The number of aryl methyl sites for hydroxylation is 2. The number of carbonyl (C=O) groups excluding carboxylic acids is 1. The van der Waals surface area contributed by atoms with Crippen molar-refractivity contribution in [2.45, 2.75) is 26.2 Å². The first kappa shape index (κ1) is 17.4. The second kappa shape index (κ2) is 8.12. The van der Waals surface area contributed by atoms with Crippen LogP contribution in [0.4, 0.5) is 0 Å². The van der Waals surface area contributed by atoms with E-state index < -0.39 is 0 Å². The lowest BCUT2D eigenvalue weighted by molar-refractivity contribution is -0.121. The zero-order chi connectivity index (χ0) is 17.6. The molecule has 1 aromatic heterocycles. The molecule has 0 unspecified atom stereocenters. The summed E-state index contributed by atoms with van der Waals surface area (Å²) in [5.41, 5.74) is 3.32. The van der Waals surface area contributed by atoms with E-state index in [-0.39, 0.29) is 5.91 Å². The number of nitrogens with one attached hydrogen (secondary N) is 1. The molecule has 0 bridgehead atoms. The molecule has 3 aromatic rings. The monoisotopic (exact) mass is 354 g/mol. The van der Waals surface area contributed by atoms with Crippen molar-refractivity contribution in [3.63, 3.8) is 0 Å². The molecular weight excluding hydrogens is 332 g/mol. The van der Waals surface area contributed by atoms with E-state index in [1.165, 1.54) is 10.3 Å². The third-order valence-electron chi connectivity index (χ3n) is 4.06. The highest BCUT2D eigenvalue weighted by Crippen LogP contribution is 2.22. The van der Waals surface area contributed by atoms with Crippen molar-refractivity contribution in [3.05, 3.63) is 58.6 Å². The van der Waals surface area contributed by atoms with E-state index in [9.17, 15) is 4.79 Å². The molecule has 1 heterocycles. The van der Waals surface area contributed by atoms with E-state index >= 15 is 0 Å². The molecule has 0 radical (unpaired) electrons. The van der Waals surface area contributed by atoms with Crippen LogP contribution in [-0.2, 0) is 17.6 Å². The number of nitrogens with zero attached hydrogens (tertiary/aromatic N) is 1. The third-order valence-corrected chi connectivity index (χ3v) is 5.15. The van der Waals surface area contributed by atoms with E-state index in [4.69, 9.17) is 4.74 Å². The minimum atomic E-state index is 0.0610. The average molecular weight is 354 g/mol. The molecule has 0 saturated carbocycles. The normalized spacial score (nSPS) is 10.8. The zero-order valence-electron chi connectivity index (χ0n) is 14.5. The Morgan fingerprint density at radius 1 is 1.20 bits per heavy atom. The van der Waals surface area contributed by atoms with Crippen molar-refractivity contribution in [1.29, 1.82) is 0 Å². The Bertz CT molecular complexity index is 840. The number of benzene rings is 2. The van der Waals surface area contributed by atoms with Crippen LogP contribution >= 0.6 is 11.3 Å². The molecule has 1 amide bonds. The summed E-state index contributed by atoms with van der Waals surface area (Å²) < 4.78 is 6.54. The molecule has 0 aliphatic rings. The number of aromatic nitrogens is 1. The first-order chi connectivity index (χ1) is 12.2. The summed E-state index contributed by atoms with van der Waals surface area (Å²) in [4.78, 5) is 16.6. The first-order valence-electron chi connectivity index (χ1n) is 8.40. The van der Waals surface area contributed by atoms with Crippen molar-refractivity contribution in [2.24, 2.45) is 0 Å². The molecule has 0 saturated heterocycles. The summed E-state index contributed by atoms with van der Waals surface area (Å²) in [5.74, 6) is 0.931. The van der Waals surface area contributed by atoms with Gasteiger partial charge >= 0.3 is 0 Å². The fraction of sp³-hybridized carbons (Fsp3) is 0.300. The molecule has 130 valence electrons. The van der Waals surface area contributed by atoms with Gasteiger partial charge in [0.15, 0.2) is 0 Å². The molecule has 25 heavy (non-hydrogen) atoms. The molecule has 0 spiro atoms. The van der Waals surface area contributed by atoms with Gasteiger partial charge in [-0.15, -0.1) is 11.3 Å². The molecule has 5 heteroatoms. The zero-order valence-corrected chi connectivity index (χ0v) is 15.4. The number of ether oxygens (including phenoxy) is 1. The number of fused-ring (bicyclic) bond motifs is 1. The minimum Gasteiger partial charge on any atom is -0.496 e. The van der Waals surface area contributed by atoms with Gasteiger partial charge in [-0.25, -0.2) is 4.98 Å². The van der Waals surface area contributed by atoms with Crippen LogP contribution in [0, 0.1) is 6.92 Å². The number of thiazole rings is 1. The van der Waals surface area contributed by atoms with Gasteiger partial charge in [-0.1, -0.05) is 29.8 Å². The van der Waals surface area contributed by atoms with Crippen LogP contribution in [0.25, 0.3) is 10.2 Å². The molecule has 0 aliphatic carbocycles. The summed E-state index contributed by atoms with van der Waals surface area (Å²) in [6, 6.07) is 14.2. The fourth-order valence-corrected chi connectivity index (χ4v) is 3.74. The van der Waals surface area contributed by atoms with Crippen molar-refractivity contribution < 1.29 is 9.53 Å². The second-order valence-corrected chi connectivity index (χ2v) is 7.11. The topological polar surface area (TPSA) is 51.2 Å². The molecule has 3 rings (SSSR count). The lowest BCUT2D eigenvalue weighted by Crippen LogP contribution is -2.26.